The van der Waals surface area contributed by atoms with Crippen LogP contribution in [0.2, 0.25) is 0 Å². The highest BCUT2D eigenvalue weighted by molar-refractivity contribution is 14.0. The topological polar surface area (TPSA) is 46.1 Å². The number of hydrogen-bond acceptors (Lipinski definition) is 3. The van der Waals surface area contributed by atoms with Gasteiger partial charge in [0.2, 0.25) is 0 Å². The van der Waals surface area contributed by atoms with Gasteiger partial charge in [-0.2, -0.15) is 0 Å². The average molecular weight is 509 g/mol. The summed E-state index contributed by atoms with van der Waals surface area (Å²) in [6.45, 7) is 4.63. The average Bonchev–Trinajstić information content (AvgIpc) is 3.23. The molecule has 1 saturated heterocycles. The Labute approximate surface area is 191 Å². The highest BCUT2D eigenvalue weighted by Crippen LogP contribution is 2.14. The molecule has 0 saturated carbocycles. The van der Waals surface area contributed by atoms with Crippen molar-refractivity contribution in [2.75, 3.05) is 33.9 Å². The minimum absolute atomic E-state index is 0. The van der Waals surface area contributed by atoms with E-state index in [1.807, 2.05) is 25.2 Å². The largest absolute Gasteiger partial charge is 0.381 e. The number of halogens is 1. The van der Waals surface area contributed by atoms with Crippen LogP contribution in [0.5, 0.6) is 0 Å². The minimum Gasteiger partial charge on any atom is -0.381 e. The van der Waals surface area contributed by atoms with Crippen LogP contribution >= 0.6 is 24.0 Å². The molecule has 1 aliphatic rings. The molecule has 1 atom stereocenters. The zero-order valence-electron chi connectivity index (χ0n) is 17.3. The Bertz CT molecular complexity index is 749. The summed E-state index contributed by atoms with van der Waals surface area (Å²) in [5.74, 6) is 1.49. The molecule has 1 N–H and O–H groups in total. The number of rotatable bonds is 8. The lowest BCUT2D eigenvalue weighted by atomic mass is 10.1. The smallest absolute Gasteiger partial charge is 0.193 e. The van der Waals surface area contributed by atoms with Crippen molar-refractivity contribution in [2.45, 2.75) is 26.2 Å². The number of hydrogen-bond donors (Lipinski definition) is 1. The Kier molecular flexibility index (Phi) is 10.5. The summed E-state index contributed by atoms with van der Waals surface area (Å²) in [5, 5.41) is 3.49. The Balaban J connectivity index is 0.00000300. The first-order valence-electron chi connectivity index (χ1n) is 9.94. The van der Waals surface area contributed by atoms with Gasteiger partial charge in [-0.1, -0.05) is 54.6 Å². The highest BCUT2D eigenvalue weighted by Gasteiger charge is 2.19. The fourth-order valence-corrected chi connectivity index (χ4v) is 3.48. The standard InChI is InChI=1S/C23H31N3O2.HI/c1-24-23(26(2)15-20-12-13-27-17-20)25-14-21-10-6-7-11-22(21)18-28-16-19-8-4-3-5-9-19;/h3-11,20H,12-18H2,1-2H3,(H,24,25);1H. The molecular weight excluding hydrogens is 477 g/mol. The monoisotopic (exact) mass is 509 g/mol. The van der Waals surface area contributed by atoms with Gasteiger partial charge in [0.25, 0.3) is 0 Å². The molecule has 0 aliphatic carbocycles. The maximum absolute atomic E-state index is 5.93. The second-order valence-corrected chi connectivity index (χ2v) is 7.26. The van der Waals surface area contributed by atoms with E-state index in [1.54, 1.807) is 0 Å². The van der Waals surface area contributed by atoms with Gasteiger partial charge in [-0.15, -0.1) is 24.0 Å². The lowest BCUT2D eigenvalue weighted by Crippen LogP contribution is -2.41. The molecule has 0 bridgehead atoms. The molecule has 1 unspecified atom stereocenters. The van der Waals surface area contributed by atoms with Crippen molar-refractivity contribution in [3.05, 3.63) is 71.3 Å². The first-order chi connectivity index (χ1) is 13.8. The van der Waals surface area contributed by atoms with Crippen molar-refractivity contribution in [1.29, 1.82) is 0 Å². The van der Waals surface area contributed by atoms with Crippen LogP contribution in [0.15, 0.2) is 59.6 Å². The van der Waals surface area contributed by atoms with E-state index in [0.29, 0.717) is 19.1 Å². The molecule has 3 rings (SSSR count). The van der Waals surface area contributed by atoms with E-state index < -0.39 is 0 Å². The van der Waals surface area contributed by atoms with Gasteiger partial charge in [0.05, 0.1) is 19.8 Å². The molecule has 29 heavy (non-hydrogen) atoms. The Morgan fingerprint density at radius 3 is 2.52 bits per heavy atom. The third-order valence-electron chi connectivity index (χ3n) is 5.05. The lowest BCUT2D eigenvalue weighted by Gasteiger charge is -2.25. The van der Waals surface area contributed by atoms with Crippen LogP contribution in [0.1, 0.15) is 23.1 Å². The number of benzene rings is 2. The zero-order valence-corrected chi connectivity index (χ0v) is 19.7. The molecule has 1 fully saturated rings. The molecule has 0 amide bonds. The minimum atomic E-state index is 0. The SMILES string of the molecule is CN=C(NCc1ccccc1COCc1ccccc1)N(C)CC1CCOC1.I. The normalized spacial score (nSPS) is 16.3. The fourth-order valence-electron chi connectivity index (χ4n) is 3.48. The molecule has 2 aromatic rings. The van der Waals surface area contributed by atoms with Crippen molar-refractivity contribution >= 4 is 29.9 Å². The van der Waals surface area contributed by atoms with E-state index in [9.17, 15) is 0 Å². The molecule has 0 spiro atoms. The van der Waals surface area contributed by atoms with Gasteiger partial charge in [-0.25, -0.2) is 0 Å². The number of guanidine groups is 1. The predicted molar refractivity (Wildman–Crippen MR) is 129 cm³/mol. The Morgan fingerprint density at radius 2 is 1.83 bits per heavy atom. The molecule has 1 aliphatic heterocycles. The first-order valence-corrected chi connectivity index (χ1v) is 9.94. The van der Waals surface area contributed by atoms with Crippen molar-refractivity contribution in [2.24, 2.45) is 10.9 Å². The van der Waals surface area contributed by atoms with Crippen LogP contribution in [0.4, 0.5) is 0 Å². The number of ether oxygens (including phenoxy) is 2. The summed E-state index contributed by atoms with van der Waals surface area (Å²) in [6.07, 6.45) is 1.13. The third-order valence-corrected chi connectivity index (χ3v) is 5.05. The van der Waals surface area contributed by atoms with Gasteiger partial charge in [0, 0.05) is 39.7 Å². The number of nitrogens with one attached hydrogen (secondary N) is 1. The van der Waals surface area contributed by atoms with E-state index in [2.05, 4.69) is 58.7 Å². The van der Waals surface area contributed by atoms with Crippen LogP contribution < -0.4 is 5.32 Å². The van der Waals surface area contributed by atoms with Gasteiger partial charge < -0.3 is 19.7 Å². The van der Waals surface area contributed by atoms with E-state index in [1.165, 1.54) is 16.7 Å². The predicted octanol–water partition coefficient (Wildman–Crippen LogP) is 4.07. The van der Waals surface area contributed by atoms with Crippen molar-refractivity contribution in [1.82, 2.24) is 10.2 Å². The Morgan fingerprint density at radius 1 is 1.10 bits per heavy atom. The maximum atomic E-state index is 5.93. The number of aliphatic imine (C=N–C) groups is 1. The first kappa shape index (κ1) is 23.6. The van der Waals surface area contributed by atoms with Crippen LogP contribution in [0.25, 0.3) is 0 Å². The van der Waals surface area contributed by atoms with E-state index in [4.69, 9.17) is 9.47 Å². The van der Waals surface area contributed by atoms with Crippen LogP contribution in [-0.4, -0.2) is 44.7 Å². The molecule has 0 radical (unpaired) electrons. The quantitative estimate of drug-likeness (QED) is 0.331. The second kappa shape index (κ2) is 12.8. The van der Waals surface area contributed by atoms with Crippen molar-refractivity contribution in [3.63, 3.8) is 0 Å². The summed E-state index contributed by atoms with van der Waals surface area (Å²) in [4.78, 5) is 6.62. The maximum Gasteiger partial charge on any atom is 0.193 e. The van der Waals surface area contributed by atoms with Crippen molar-refractivity contribution < 1.29 is 9.47 Å². The zero-order chi connectivity index (χ0) is 19.6. The third kappa shape index (κ3) is 7.60. The lowest BCUT2D eigenvalue weighted by molar-refractivity contribution is 0.106. The fraction of sp³-hybridized carbons (Fsp3) is 0.435. The molecule has 6 heteroatoms. The van der Waals surface area contributed by atoms with Gasteiger partial charge in [0.15, 0.2) is 5.96 Å². The van der Waals surface area contributed by atoms with Gasteiger partial charge in [-0.3, -0.25) is 4.99 Å². The number of nitrogens with zero attached hydrogens (tertiary/aromatic N) is 2. The van der Waals surface area contributed by atoms with Crippen LogP contribution in [0.3, 0.4) is 0 Å². The Hall–Kier alpha value is -1.64. The summed E-state index contributed by atoms with van der Waals surface area (Å²) in [5.41, 5.74) is 3.62. The molecule has 2 aromatic carbocycles. The summed E-state index contributed by atoms with van der Waals surface area (Å²) >= 11 is 0. The van der Waals surface area contributed by atoms with Gasteiger partial charge in [0.1, 0.15) is 0 Å². The molecule has 1 heterocycles. The summed E-state index contributed by atoms with van der Waals surface area (Å²) in [7, 11) is 3.92. The van der Waals surface area contributed by atoms with Crippen LogP contribution in [-0.2, 0) is 29.2 Å². The van der Waals surface area contributed by atoms with Crippen molar-refractivity contribution in [3.8, 4) is 0 Å². The summed E-state index contributed by atoms with van der Waals surface area (Å²) < 4.78 is 11.4. The molecular formula is C23H32IN3O2. The highest BCUT2D eigenvalue weighted by atomic mass is 127. The summed E-state index contributed by atoms with van der Waals surface area (Å²) in [6, 6.07) is 18.7. The van der Waals surface area contributed by atoms with Crippen LogP contribution in [0, 0.1) is 5.92 Å². The van der Waals surface area contributed by atoms with E-state index in [-0.39, 0.29) is 24.0 Å². The van der Waals surface area contributed by atoms with Gasteiger partial charge in [-0.05, 0) is 23.1 Å². The molecule has 158 valence electrons. The molecule has 5 nitrogen and oxygen atoms in total. The second-order valence-electron chi connectivity index (χ2n) is 7.26. The van der Waals surface area contributed by atoms with E-state index >= 15 is 0 Å². The van der Waals surface area contributed by atoms with E-state index in [0.717, 1.165) is 38.7 Å². The van der Waals surface area contributed by atoms with Gasteiger partial charge >= 0.3 is 0 Å². The molecule has 0 aromatic heterocycles.